The lowest BCUT2D eigenvalue weighted by Gasteiger charge is -2.26. The first-order valence-electron chi connectivity index (χ1n) is 9.37. The Hall–Kier alpha value is -2.09. The summed E-state index contributed by atoms with van der Waals surface area (Å²) in [6.45, 7) is 2.46. The van der Waals surface area contributed by atoms with E-state index in [0.717, 1.165) is 11.3 Å². The van der Waals surface area contributed by atoms with E-state index in [2.05, 4.69) is 10.4 Å². The molecule has 1 heterocycles. The molecule has 9 heteroatoms. The Bertz CT molecular complexity index is 1050. The van der Waals surface area contributed by atoms with E-state index in [0.29, 0.717) is 28.7 Å². The van der Waals surface area contributed by atoms with Gasteiger partial charge in [-0.2, -0.15) is 5.10 Å². The number of carbonyl (C=O) groups is 1. The molecule has 2 aromatic carbocycles. The van der Waals surface area contributed by atoms with Crippen LogP contribution in [0.25, 0.3) is 0 Å². The van der Waals surface area contributed by atoms with E-state index in [9.17, 15) is 13.2 Å². The molecular formula is C21H23Cl2N3O3S. The van der Waals surface area contributed by atoms with E-state index < -0.39 is 15.3 Å². The summed E-state index contributed by atoms with van der Waals surface area (Å²) in [6, 6.07) is 14.1. The number of benzene rings is 2. The molecule has 3 rings (SSSR count). The van der Waals surface area contributed by atoms with Crippen LogP contribution in [0.3, 0.4) is 0 Å². The topological polar surface area (TPSA) is 78.8 Å². The zero-order valence-corrected chi connectivity index (χ0v) is 19.1. The van der Waals surface area contributed by atoms with Crippen molar-refractivity contribution in [2.75, 3.05) is 30.4 Å². The summed E-state index contributed by atoms with van der Waals surface area (Å²) in [6.07, 6.45) is 1.63. The molecule has 1 aliphatic heterocycles. The maximum absolute atomic E-state index is 12.5. The quantitative estimate of drug-likeness (QED) is 0.664. The average Bonchev–Trinajstić information content (AvgIpc) is 2.99. The zero-order valence-electron chi connectivity index (χ0n) is 16.7. The van der Waals surface area contributed by atoms with E-state index >= 15 is 0 Å². The Morgan fingerprint density at radius 2 is 1.67 bits per heavy atom. The number of amides is 1. The first kappa shape index (κ1) is 22.6. The molecule has 0 aromatic heterocycles. The van der Waals surface area contributed by atoms with Gasteiger partial charge in [-0.3, -0.25) is 9.80 Å². The lowest BCUT2D eigenvalue weighted by Crippen LogP contribution is -2.36. The van der Waals surface area contributed by atoms with Crippen LogP contribution in [0.1, 0.15) is 18.9 Å². The van der Waals surface area contributed by atoms with Crippen molar-refractivity contribution in [2.24, 2.45) is 10.5 Å². The van der Waals surface area contributed by atoms with Gasteiger partial charge in [-0.1, -0.05) is 42.3 Å². The third-order valence-corrected chi connectivity index (χ3v) is 6.39. The van der Waals surface area contributed by atoms with Crippen LogP contribution in [-0.4, -0.2) is 50.1 Å². The number of rotatable bonds is 7. The second kappa shape index (κ2) is 8.96. The molecule has 160 valence electrons. The van der Waals surface area contributed by atoms with Crippen molar-refractivity contribution in [2.45, 2.75) is 13.3 Å². The van der Waals surface area contributed by atoms with E-state index in [1.807, 2.05) is 19.1 Å². The van der Waals surface area contributed by atoms with Crippen molar-refractivity contribution in [3.8, 4) is 0 Å². The summed E-state index contributed by atoms with van der Waals surface area (Å²) in [4.78, 5) is 12.5. The predicted octanol–water partition coefficient (Wildman–Crippen LogP) is 4.09. The first-order valence-corrected chi connectivity index (χ1v) is 12.2. The van der Waals surface area contributed by atoms with Crippen molar-refractivity contribution < 1.29 is 13.2 Å². The van der Waals surface area contributed by atoms with Gasteiger partial charge in [-0.25, -0.2) is 8.42 Å². The molecule has 0 radical (unpaired) electrons. The highest BCUT2D eigenvalue weighted by Crippen LogP contribution is 2.35. The number of sulfone groups is 1. The zero-order chi connectivity index (χ0) is 21.9. The molecule has 0 fully saturated rings. The van der Waals surface area contributed by atoms with Crippen LogP contribution >= 0.6 is 23.2 Å². The van der Waals surface area contributed by atoms with Gasteiger partial charge in [0.2, 0.25) is 5.91 Å². The third kappa shape index (κ3) is 5.97. The molecule has 0 aliphatic carbocycles. The van der Waals surface area contributed by atoms with Crippen LogP contribution in [0.15, 0.2) is 53.6 Å². The Balaban J connectivity index is 1.78. The predicted molar refractivity (Wildman–Crippen MR) is 122 cm³/mol. The van der Waals surface area contributed by atoms with Crippen molar-refractivity contribution >= 4 is 50.3 Å². The summed E-state index contributed by atoms with van der Waals surface area (Å²) < 4.78 is 23.5. The summed E-state index contributed by atoms with van der Waals surface area (Å²) >= 11 is 11.9. The number of nitrogens with zero attached hydrogens (tertiary/aromatic N) is 2. The van der Waals surface area contributed by atoms with Gasteiger partial charge in [0, 0.05) is 33.9 Å². The van der Waals surface area contributed by atoms with Crippen LogP contribution in [0.5, 0.6) is 0 Å². The second-order valence-electron chi connectivity index (χ2n) is 7.77. The lowest BCUT2D eigenvalue weighted by atomic mass is 9.80. The number of hydrazone groups is 1. The van der Waals surface area contributed by atoms with Gasteiger partial charge in [-0.05, 0) is 48.4 Å². The molecule has 30 heavy (non-hydrogen) atoms. The van der Waals surface area contributed by atoms with Gasteiger partial charge >= 0.3 is 0 Å². The number of anilines is 1. The SMILES string of the molecule is CC1(CCS(C)(=O)=O)CN(CC(=O)Nc2ccc(Cl)cc2)N=C1c1ccc(Cl)cc1. The van der Waals surface area contributed by atoms with E-state index in [1.54, 1.807) is 41.4 Å². The molecule has 1 atom stereocenters. The maximum Gasteiger partial charge on any atom is 0.245 e. The van der Waals surface area contributed by atoms with E-state index in [-0.39, 0.29) is 18.2 Å². The Kier molecular flexibility index (Phi) is 6.75. The highest BCUT2D eigenvalue weighted by atomic mass is 35.5. The number of hydrogen-bond donors (Lipinski definition) is 1. The average molecular weight is 468 g/mol. The summed E-state index contributed by atoms with van der Waals surface area (Å²) in [7, 11) is -3.13. The number of hydrogen-bond acceptors (Lipinski definition) is 5. The molecule has 2 aromatic rings. The minimum atomic E-state index is -3.13. The number of nitrogens with one attached hydrogen (secondary N) is 1. The molecule has 6 nitrogen and oxygen atoms in total. The van der Waals surface area contributed by atoms with Gasteiger partial charge in [0.15, 0.2) is 0 Å². The van der Waals surface area contributed by atoms with Crippen LogP contribution < -0.4 is 5.32 Å². The smallest absolute Gasteiger partial charge is 0.245 e. The van der Waals surface area contributed by atoms with Crippen molar-refractivity contribution in [1.29, 1.82) is 0 Å². The normalized spacial score (nSPS) is 18.9. The molecule has 0 saturated carbocycles. The second-order valence-corrected chi connectivity index (χ2v) is 10.9. The maximum atomic E-state index is 12.5. The molecule has 0 saturated heterocycles. The van der Waals surface area contributed by atoms with Crippen molar-refractivity contribution in [3.05, 3.63) is 64.1 Å². The fraction of sp³-hybridized carbons (Fsp3) is 0.333. The van der Waals surface area contributed by atoms with Gasteiger partial charge in [0.05, 0.1) is 11.5 Å². The van der Waals surface area contributed by atoms with Crippen LogP contribution in [0.4, 0.5) is 5.69 Å². The van der Waals surface area contributed by atoms with Crippen LogP contribution in [0.2, 0.25) is 10.0 Å². The Morgan fingerprint density at radius 1 is 1.10 bits per heavy atom. The monoisotopic (exact) mass is 467 g/mol. The van der Waals surface area contributed by atoms with Gasteiger partial charge in [0.1, 0.15) is 16.4 Å². The highest BCUT2D eigenvalue weighted by Gasteiger charge is 2.40. The molecule has 0 spiro atoms. The van der Waals surface area contributed by atoms with Gasteiger partial charge in [0.25, 0.3) is 0 Å². The molecule has 1 aliphatic rings. The van der Waals surface area contributed by atoms with Crippen LogP contribution in [-0.2, 0) is 14.6 Å². The Labute approximate surface area is 186 Å². The standard InChI is InChI=1S/C21H23Cl2N3O3S/c1-21(11-12-30(2,28)29)14-26(25-20(21)15-3-5-16(22)6-4-15)13-19(27)24-18-9-7-17(23)8-10-18/h3-10H,11-14H2,1-2H3,(H,24,27). The first-order chi connectivity index (χ1) is 14.0. The molecule has 1 unspecified atom stereocenters. The largest absolute Gasteiger partial charge is 0.324 e. The fourth-order valence-corrected chi connectivity index (χ4v) is 4.46. The highest BCUT2D eigenvalue weighted by molar-refractivity contribution is 7.90. The minimum Gasteiger partial charge on any atom is -0.324 e. The minimum absolute atomic E-state index is 0.0426. The fourth-order valence-electron chi connectivity index (χ4n) is 3.39. The van der Waals surface area contributed by atoms with Gasteiger partial charge in [-0.15, -0.1) is 0 Å². The van der Waals surface area contributed by atoms with Gasteiger partial charge < -0.3 is 5.32 Å². The van der Waals surface area contributed by atoms with E-state index in [1.165, 1.54) is 6.26 Å². The van der Waals surface area contributed by atoms with Crippen molar-refractivity contribution in [3.63, 3.8) is 0 Å². The molecule has 0 bridgehead atoms. The summed E-state index contributed by atoms with van der Waals surface area (Å²) in [5, 5.41) is 10.4. The summed E-state index contributed by atoms with van der Waals surface area (Å²) in [5.74, 6) is -0.176. The lowest BCUT2D eigenvalue weighted by molar-refractivity contribution is -0.117. The molecule has 1 amide bonds. The van der Waals surface area contributed by atoms with Crippen LogP contribution in [0, 0.1) is 5.41 Å². The Morgan fingerprint density at radius 3 is 2.23 bits per heavy atom. The van der Waals surface area contributed by atoms with Crippen molar-refractivity contribution in [1.82, 2.24) is 5.01 Å². The molecule has 1 N–H and O–H groups in total. The number of carbonyl (C=O) groups excluding carboxylic acids is 1. The molecular weight excluding hydrogens is 445 g/mol. The third-order valence-electron chi connectivity index (χ3n) is 4.94. The number of halogens is 2. The summed E-state index contributed by atoms with van der Waals surface area (Å²) in [5.41, 5.74) is 1.74. The van der Waals surface area contributed by atoms with E-state index in [4.69, 9.17) is 23.2 Å².